The molecule has 2 heterocycles. The summed E-state index contributed by atoms with van der Waals surface area (Å²) in [6.07, 6.45) is 2.49. The molecule has 2 rings (SSSR count). The summed E-state index contributed by atoms with van der Waals surface area (Å²) in [4.78, 5) is 26.8. The maximum atomic E-state index is 12.6. The van der Waals surface area contributed by atoms with Gasteiger partial charge in [-0.3, -0.25) is 9.78 Å². The summed E-state index contributed by atoms with van der Waals surface area (Å²) in [7, 11) is 1.73. The second-order valence-corrected chi connectivity index (χ2v) is 6.13. The molecule has 0 aliphatic carbocycles. The Kier molecular flexibility index (Phi) is 5.26. The van der Waals surface area contributed by atoms with Crippen molar-refractivity contribution in [2.75, 3.05) is 12.8 Å². The van der Waals surface area contributed by atoms with Crippen LogP contribution in [-0.2, 0) is 13.0 Å². The zero-order valence-corrected chi connectivity index (χ0v) is 14.1. The van der Waals surface area contributed by atoms with E-state index in [0.29, 0.717) is 18.2 Å². The highest BCUT2D eigenvalue weighted by molar-refractivity contribution is 5.92. The van der Waals surface area contributed by atoms with Crippen LogP contribution in [0.5, 0.6) is 0 Å². The Hall–Kier alpha value is -2.50. The van der Waals surface area contributed by atoms with Crippen LogP contribution in [-0.4, -0.2) is 32.8 Å². The molecule has 0 spiro atoms. The first kappa shape index (κ1) is 16.9. The van der Waals surface area contributed by atoms with Crippen LogP contribution in [0.3, 0.4) is 0 Å². The van der Waals surface area contributed by atoms with Gasteiger partial charge >= 0.3 is 0 Å². The Morgan fingerprint density at radius 2 is 2.09 bits per heavy atom. The van der Waals surface area contributed by atoms with Gasteiger partial charge in [0.15, 0.2) is 0 Å². The number of carbonyl (C=O) groups is 1. The molecular formula is C17H23N5O. The van der Waals surface area contributed by atoms with Crippen LogP contribution in [0.4, 0.5) is 5.95 Å². The van der Waals surface area contributed by atoms with Gasteiger partial charge in [0, 0.05) is 18.9 Å². The fourth-order valence-electron chi connectivity index (χ4n) is 2.33. The largest absolute Gasteiger partial charge is 0.368 e. The van der Waals surface area contributed by atoms with Gasteiger partial charge in [-0.1, -0.05) is 19.9 Å². The predicted octanol–water partition coefficient (Wildman–Crippen LogP) is 2.23. The van der Waals surface area contributed by atoms with Crippen molar-refractivity contribution >= 4 is 11.9 Å². The number of hydrogen-bond donors (Lipinski definition) is 1. The molecule has 1 amide bonds. The number of aryl methyl sites for hydroxylation is 1. The van der Waals surface area contributed by atoms with Gasteiger partial charge in [0.25, 0.3) is 5.91 Å². The molecule has 6 nitrogen and oxygen atoms in total. The number of hydrogen-bond acceptors (Lipinski definition) is 5. The maximum absolute atomic E-state index is 12.6. The van der Waals surface area contributed by atoms with Crippen molar-refractivity contribution in [3.05, 3.63) is 47.0 Å². The zero-order chi connectivity index (χ0) is 17.0. The first-order chi connectivity index (χ1) is 10.9. The summed E-state index contributed by atoms with van der Waals surface area (Å²) in [6, 6.07) is 5.58. The minimum Gasteiger partial charge on any atom is -0.368 e. The number of anilines is 1. The number of nitrogens with zero attached hydrogens (tertiary/aromatic N) is 4. The average Bonchev–Trinajstić information content (AvgIpc) is 2.47. The average molecular weight is 313 g/mol. The Morgan fingerprint density at radius 1 is 1.35 bits per heavy atom. The number of rotatable bonds is 5. The highest BCUT2D eigenvalue weighted by Crippen LogP contribution is 2.12. The molecule has 6 heteroatoms. The monoisotopic (exact) mass is 313 g/mol. The van der Waals surface area contributed by atoms with Crippen LogP contribution in [0, 0.1) is 12.8 Å². The van der Waals surface area contributed by atoms with E-state index in [0.717, 1.165) is 23.4 Å². The molecule has 0 bridgehead atoms. The van der Waals surface area contributed by atoms with E-state index in [-0.39, 0.29) is 11.9 Å². The van der Waals surface area contributed by atoms with Crippen molar-refractivity contribution in [1.82, 2.24) is 19.9 Å². The lowest BCUT2D eigenvalue weighted by Crippen LogP contribution is -2.28. The first-order valence-electron chi connectivity index (χ1n) is 7.66. The second-order valence-electron chi connectivity index (χ2n) is 6.13. The van der Waals surface area contributed by atoms with Gasteiger partial charge in [-0.2, -0.15) is 0 Å². The number of nitrogen functional groups attached to an aromatic ring is 1. The van der Waals surface area contributed by atoms with Crippen molar-refractivity contribution in [3.63, 3.8) is 0 Å². The van der Waals surface area contributed by atoms with E-state index >= 15 is 0 Å². The van der Waals surface area contributed by atoms with E-state index in [2.05, 4.69) is 28.8 Å². The molecule has 23 heavy (non-hydrogen) atoms. The van der Waals surface area contributed by atoms with E-state index in [9.17, 15) is 4.79 Å². The molecule has 0 atom stereocenters. The van der Waals surface area contributed by atoms with Gasteiger partial charge in [0.1, 0.15) is 5.69 Å². The Labute approximate surface area is 136 Å². The SMILES string of the molecule is Cc1cccnc1CN(C)C(=O)c1cc(CC(C)C)nc(N)n1. The smallest absolute Gasteiger partial charge is 0.272 e. The van der Waals surface area contributed by atoms with Gasteiger partial charge < -0.3 is 10.6 Å². The molecular weight excluding hydrogens is 290 g/mol. The van der Waals surface area contributed by atoms with Crippen LogP contribution in [0.1, 0.15) is 41.3 Å². The van der Waals surface area contributed by atoms with Crippen LogP contribution in [0.15, 0.2) is 24.4 Å². The van der Waals surface area contributed by atoms with Gasteiger partial charge in [-0.15, -0.1) is 0 Å². The highest BCUT2D eigenvalue weighted by Gasteiger charge is 2.17. The van der Waals surface area contributed by atoms with Crippen LogP contribution in [0.2, 0.25) is 0 Å². The fourth-order valence-corrected chi connectivity index (χ4v) is 2.33. The zero-order valence-electron chi connectivity index (χ0n) is 14.1. The topological polar surface area (TPSA) is 85.0 Å². The van der Waals surface area contributed by atoms with E-state index < -0.39 is 0 Å². The van der Waals surface area contributed by atoms with Gasteiger partial charge in [0.05, 0.1) is 12.2 Å². The summed E-state index contributed by atoms with van der Waals surface area (Å²) in [6.45, 7) is 6.59. The molecule has 0 aliphatic heterocycles. The number of amides is 1. The quantitative estimate of drug-likeness (QED) is 0.915. The van der Waals surface area contributed by atoms with Crippen LogP contribution < -0.4 is 5.73 Å². The fraction of sp³-hybridized carbons (Fsp3) is 0.412. The number of carbonyl (C=O) groups excluding carboxylic acids is 1. The second kappa shape index (κ2) is 7.17. The summed E-state index contributed by atoms with van der Waals surface area (Å²) in [5, 5.41) is 0. The van der Waals surface area contributed by atoms with Crippen LogP contribution >= 0.6 is 0 Å². The summed E-state index contributed by atoms with van der Waals surface area (Å²) < 4.78 is 0. The molecule has 2 N–H and O–H groups in total. The predicted molar refractivity (Wildman–Crippen MR) is 89.8 cm³/mol. The molecule has 2 aromatic rings. The third-order valence-electron chi connectivity index (χ3n) is 3.48. The first-order valence-corrected chi connectivity index (χ1v) is 7.66. The third kappa shape index (κ3) is 4.48. The minimum atomic E-state index is -0.186. The molecule has 0 saturated heterocycles. The van der Waals surface area contributed by atoms with E-state index in [1.165, 1.54) is 0 Å². The summed E-state index contributed by atoms with van der Waals surface area (Å²) in [5.74, 6) is 0.379. The number of nitrogens with two attached hydrogens (primary N) is 1. The Bertz CT molecular complexity index is 699. The summed E-state index contributed by atoms with van der Waals surface area (Å²) in [5.41, 5.74) is 8.78. The van der Waals surface area contributed by atoms with Crippen molar-refractivity contribution in [2.24, 2.45) is 5.92 Å². The lowest BCUT2D eigenvalue weighted by molar-refractivity contribution is 0.0777. The van der Waals surface area contributed by atoms with Crippen LogP contribution in [0.25, 0.3) is 0 Å². The van der Waals surface area contributed by atoms with Gasteiger partial charge in [-0.05, 0) is 37.0 Å². The normalized spacial score (nSPS) is 10.8. The Balaban J connectivity index is 2.19. The molecule has 122 valence electrons. The maximum Gasteiger partial charge on any atom is 0.272 e. The number of aromatic nitrogens is 3. The molecule has 0 aliphatic rings. The standard InChI is InChI=1S/C17H23N5O/c1-11(2)8-13-9-14(21-17(18)20-13)16(23)22(4)10-15-12(3)6-5-7-19-15/h5-7,9,11H,8,10H2,1-4H3,(H2,18,20,21). The third-order valence-corrected chi connectivity index (χ3v) is 3.48. The molecule has 0 radical (unpaired) electrons. The van der Waals surface area contributed by atoms with Gasteiger partial charge in [0.2, 0.25) is 5.95 Å². The molecule has 0 fully saturated rings. The van der Waals surface area contributed by atoms with Crippen molar-refractivity contribution in [2.45, 2.75) is 33.7 Å². The van der Waals surface area contributed by atoms with Crippen molar-refractivity contribution < 1.29 is 4.79 Å². The minimum absolute atomic E-state index is 0.133. The molecule has 0 saturated carbocycles. The number of pyridine rings is 1. The lowest BCUT2D eigenvalue weighted by atomic mass is 10.1. The molecule has 2 aromatic heterocycles. The van der Waals surface area contributed by atoms with E-state index in [1.54, 1.807) is 24.2 Å². The van der Waals surface area contributed by atoms with E-state index in [1.807, 2.05) is 19.1 Å². The van der Waals surface area contributed by atoms with Crippen molar-refractivity contribution in [3.8, 4) is 0 Å². The van der Waals surface area contributed by atoms with Crippen molar-refractivity contribution in [1.29, 1.82) is 0 Å². The lowest BCUT2D eigenvalue weighted by Gasteiger charge is -2.18. The Morgan fingerprint density at radius 3 is 2.74 bits per heavy atom. The van der Waals surface area contributed by atoms with E-state index in [4.69, 9.17) is 5.73 Å². The van der Waals surface area contributed by atoms with Gasteiger partial charge in [-0.25, -0.2) is 9.97 Å². The summed E-state index contributed by atoms with van der Waals surface area (Å²) >= 11 is 0. The molecule has 0 aromatic carbocycles. The highest BCUT2D eigenvalue weighted by atomic mass is 16.2. The molecule has 0 unspecified atom stereocenters.